The zero-order valence-electron chi connectivity index (χ0n) is 15.5. The second kappa shape index (κ2) is 6.53. The van der Waals surface area contributed by atoms with Crippen molar-refractivity contribution in [1.82, 2.24) is 15.3 Å². The summed E-state index contributed by atoms with van der Waals surface area (Å²) in [6.45, 7) is 1.62. The largest absolute Gasteiger partial charge is 0.289 e. The van der Waals surface area contributed by atoms with Crippen molar-refractivity contribution in [3.05, 3.63) is 76.5 Å². The molecule has 1 amide bonds. The predicted octanol–water partition coefficient (Wildman–Crippen LogP) is 3.22. The van der Waals surface area contributed by atoms with E-state index < -0.39 is 17.1 Å². The Labute approximate surface area is 160 Å². The van der Waals surface area contributed by atoms with Crippen molar-refractivity contribution in [3.63, 3.8) is 0 Å². The third-order valence-corrected chi connectivity index (χ3v) is 5.61. The number of halogens is 2. The quantitative estimate of drug-likeness (QED) is 0.539. The summed E-state index contributed by atoms with van der Waals surface area (Å²) < 4.78 is 29.3. The number of carbonyl (C=O) groups excluding carboxylic acids is 1. The number of rotatable bonds is 3. The second-order valence-corrected chi connectivity index (χ2v) is 7.19. The third kappa shape index (κ3) is 2.62. The number of carbonyl (C=O) groups is 1. The Balaban J connectivity index is 1.87. The second-order valence-electron chi connectivity index (χ2n) is 7.19. The van der Waals surface area contributed by atoms with Crippen molar-refractivity contribution in [2.24, 2.45) is 7.05 Å². The van der Waals surface area contributed by atoms with E-state index in [0.717, 1.165) is 16.8 Å². The molecule has 1 aliphatic carbocycles. The van der Waals surface area contributed by atoms with E-state index in [1.54, 1.807) is 48.4 Å². The molecule has 1 atom stereocenters. The topological polar surface area (TPSA) is 67.2 Å². The van der Waals surface area contributed by atoms with Crippen LogP contribution < -0.4 is 5.48 Å². The Morgan fingerprint density at radius 2 is 1.89 bits per heavy atom. The zero-order chi connectivity index (χ0) is 20.1. The minimum Gasteiger partial charge on any atom is -0.289 e. The SMILES string of the molecule is Cc1c(F)cccc1C1(C(=O)NO)Cc2nn(C)c(-c3ccc(F)cc3)c2C1. The van der Waals surface area contributed by atoms with Crippen molar-refractivity contribution < 1.29 is 18.8 Å². The lowest BCUT2D eigenvalue weighted by molar-refractivity contribution is -0.135. The van der Waals surface area contributed by atoms with Crippen LogP contribution in [0.1, 0.15) is 22.4 Å². The highest BCUT2D eigenvalue weighted by Crippen LogP contribution is 2.44. The number of hydroxylamine groups is 1. The Hall–Kier alpha value is -3.06. The molecule has 2 aromatic carbocycles. The van der Waals surface area contributed by atoms with E-state index in [0.29, 0.717) is 16.8 Å². The van der Waals surface area contributed by atoms with Gasteiger partial charge >= 0.3 is 0 Å². The Bertz CT molecular complexity index is 1080. The lowest BCUT2D eigenvalue weighted by Gasteiger charge is -2.29. The first-order valence-corrected chi connectivity index (χ1v) is 8.88. The van der Waals surface area contributed by atoms with Gasteiger partial charge in [-0.25, -0.2) is 14.3 Å². The molecule has 5 nitrogen and oxygen atoms in total. The van der Waals surface area contributed by atoms with Gasteiger partial charge in [-0.2, -0.15) is 5.10 Å². The maximum atomic E-state index is 14.2. The zero-order valence-corrected chi connectivity index (χ0v) is 15.5. The fourth-order valence-electron chi connectivity index (χ4n) is 4.28. The van der Waals surface area contributed by atoms with Gasteiger partial charge in [0.15, 0.2) is 0 Å². The number of nitrogens with one attached hydrogen (secondary N) is 1. The fraction of sp³-hybridized carbons (Fsp3) is 0.238. The smallest absolute Gasteiger partial charge is 0.254 e. The molecule has 0 aliphatic heterocycles. The average molecular weight is 383 g/mol. The minimum atomic E-state index is -1.17. The van der Waals surface area contributed by atoms with Gasteiger partial charge in [0.2, 0.25) is 0 Å². The van der Waals surface area contributed by atoms with E-state index in [2.05, 4.69) is 5.10 Å². The molecule has 0 bridgehead atoms. The molecule has 0 radical (unpaired) electrons. The number of nitrogens with zero attached hydrogens (tertiary/aromatic N) is 2. The van der Waals surface area contributed by atoms with Crippen LogP contribution in [-0.2, 0) is 30.1 Å². The molecule has 1 aliphatic rings. The summed E-state index contributed by atoms with van der Waals surface area (Å²) in [7, 11) is 1.79. The molecule has 1 aromatic heterocycles. The van der Waals surface area contributed by atoms with Crippen LogP contribution in [0.5, 0.6) is 0 Å². The highest BCUT2D eigenvalue weighted by atomic mass is 19.1. The summed E-state index contributed by atoms with van der Waals surface area (Å²) in [6, 6.07) is 10.7. The first kappa shape index (κ1) is 18.3. The summed E-state index contributed by atoms with van der Waals surface area (Å²) in [6.07, 6.45) is 0.480. The lowest BCUT2D eigenvalue weighted by atomic mass is 9.75. The average Bonchev–Trinajstić information content (AvgIpc) is 3.18. The van der Waals surface area contributed by atoms with Gasteiger partial charge in [-0.3, -0.25) is 14.7 Å². The normalized spacial score (nSPS) is 18.2. The minimum absolute atomic E-state index is 0.230. The van der Waals surface area contributed by atoms with E-state index in [1.807, 2.05) is 0 Å². The summed E-state index contributed by atoms with van der Waals surface area (Å²) in [5.74, 6) is -1.36. The molecule has 144 valence electrons. The number of fused-ring (bicyclic) bond motifs is 1. The maximum Gasteiger partial charge on any atom is 0.254 e. The van der Waals surface area contributed by atoms with Gasteiger partial charge < -0.3 is 0 Å². The van der Waals surface area contributed by atoms with Crippen molar-refractivity contribution in [1.29, 1.82) is 0 Å². The monoisotopic (exact) mass is 383 g/mol. The Morgan fingerprint density at radius 1 is 1.18 bits per heavy atom. The van der Waals surface area contributed by atoms with Crippen LogP contribution >= 0.6 is 0 Å². The number of aromatic nitrogens is 2. The molecule has 0 spiro atoms. The molecule has 2 N–H and O–H groups in total. The van der Waals surface area contributed by atoms with Crippen LogP contribution in [0.25, 0.3) is 11.3 Å². The van der Waals surface area contributed by atoms with E-state index in [1.165, 1.54) is 18.2 Å². The van der Waals surface area contributed by atoms with Crippen LogP contribution in [-0.4, -0.2) is 20.9 Å². The summed E-state index contributed by atoms with van der Waals surface area (Å²) in [5.41, 5.74) is 4.56. The fourth-order valence-corrected chi connectivity index (χ4v) is 4.28. The van der Waals surface area contributed by atoms with Gasteiger partial charge in [0.1, 0.15) is 11.6 Å². The summed E-state index contributed by atoms with van der Waals surface area (Å²) >= 11 is 0. The number of hydrogen-bond acceptors (Lipinski definition) is 3. The van der Waals surface area contributed by atoms with Crippen LogP contribution in [0.3, 0.4) is 0 Å². The van der Waals surface area contributed by atoms with Crippen molar-refractivity contribution in [2.75, 3.05) is 0 Å². The molecule has 0 saturated carbocycles. The summed E-state index contributed by atoms with van der Waals surface area (Å²) in [4.78, 5) is 12.8. The third-order valence-electron chi connectivity index (χ3n) is 5.61. The van der Waals surface area contributed by atoms with Crippen molar-refractivity contribution in [2.45, 2.75) is 25.2 Å². The number of amides is 1. The van der Waals surface area contributed by atoms with Crippen molar-refractivity contribution in [3.8, 4) is 11.3 Å². The van der Waals surface area contributed by atoms with Crippen molar-refractivity contribution >= 4 is 5.91 Å². The van der Waals surface area contributed by atoms with Crippen LogP contribution in [0, 0.1) is 18.6 Å². The molecule has 1 unspecified atom stereocenters. The number of aryl methyl sites for hydroxylation is 1. The lowest BCUT2D eigenvalue weighted by Crippen LogP contribution is -2.45. The van der Waals surface area contributed by atoms with Gasteiger partial charge in [-0.1, -0.05) is 12.1 Å². The van der Waals surface area contributed by atoms with E-state index in [4.69, 9.17) is 0 Å². The van der Waals surface area contributed by atoms with E-state index >= 15 is 0 Å². The Kier molecular flexibility index (Phi) is 4.27. The molecule has 7 heteroatoms. The summed E-state index contributed by atoms with van der Waals surface area (Å²) in [5, 5.41) is 14.0. The van der Waals surface area contributed by atoms with Gasteiger partial charge in [-0.15, -0.1) is 0 Å². The number of benzene rings is 2. The van der Waals surface area contributed by atoms with Crippen LogP contribution in [0.2, 0.25) is 0 Å². The predicted molar refractivity (Wildman–Crippen MR) is 98.8 cm³/mol. The molecular weight excluding hydrogens is 364 g/mol. The molecule has 28 heavy (non-hydrogen) atoms. The maximum absolute atomic E-state index is 14.2. The number of hydrogen-bond donors (Lipinski definition) is 2. The first-order valence-electron chi connectivity index (χ1n) is 8.88. The van der Waals surface area contributed by atoms with Gasteiger partial charge in [0.25, 0.3) is 5.91 Å². The standard InChI is InChI=1S/C21H19F2N3O2/c1-12-16(4-3-5-17(12)23)21(20(27)25-28)10-15-18(11-21)24-26(2)19(15)13-6-8-14(22)9-7-13/h3-9,28H,10-11H2,1-2H3,(H,25,27). The van der Waals surface area contributed by atoms with Crippen LogP contribution in [0.15, 0.2) is 42.5 Å². The van der Waals surface area contributed by atoms with E-state index in [9.17, 15) is 18.8 Å². The highest BCUT2D eigenvalue weighted by Gasteiger charge is 2.49. The van der Waals surface area contributed by atoms with Gasteiger partial charge in [-0.05, 0) is 54.8 Å². The molecular formula is C21H19F2N3O2. The molecule has 0 fully saturated rings. The van der Waals surface area contributed by atoms with Gasteiger partial charge in [0, 0.05) is 24.6 Å². The van der Waals surface area contributed by atoms with Gasteiger partial charge in [0.05, 0.1) is 16.8 Å². The molecule has 0 saturated heterocycles. The van der Waals surface area contributed by atoms with Crippen LogP contribution in [0.4, 0.5) is 8.78 Å². The Morgan fingerprint density at radius 3 is 2.57 bits per heavy atom. The molecule has 4 rings (SSSR count). The molecule has 1 heterocycles. The first-order chi connectivity index (χ1) is 13.4. The van der Waals surface area contributed by atoms with E-state index in [-0.39, 0.29) is 18.7 Å². The molecule has 3 aromatic rings. The highest BCUT2D eigenvalue weighted by molar-refractivity contribution is 5.90.